The minimum Gasteiger partial charge on any atom is -0.462 e. The van der Waals surface area contributed by atoms with Crippen LogP contribution in [0.1, 0.15) is 57.1 Å². The van der Waals surface area contributed by atoms with Crippen LogP contribution in [-0.4, -0.2) is 39.7 Å². The lowest BCUT2D eigenvalue weighted by atomic mass is 10.1. The minimum atomic E-state index is -0.378. The predicted octanol–water partition coefficient (Wildman–Crippen LogP) is 4.40. The van der Waals surface area contributed by atoms with Gasteiger partial charge in [0.05, 0.1) is 30.2 Å². The summed E-state index contributed by atoms with van der Waals surface area (Å²) in [6, 6.07) is 11.7. The lowest BCUT2D eigenvalue weighted by Gasteiger charge is -2.24. The Morgan fingerprint density at radius 2 is 2.03 bits per heavy atom. The van der Waals surface area contributed by atoms with E-state index < -0.39 is 0 Å². The second-order valence-corrected chi connectivity index (χ2v) is 7.97. The maximum atomic E-state index is 13.1. The minimum absolute atomic E-state index is 0.0526. The van der Waals surface area contributed by atoms with Gasteiger partial charge >= 0.3 is 5.97 Å². The summed E-state index contributed by atoms with van der Waals surface area (Å²) in [5.41, 5.74) is 2.61. The van der Waals surface area contributed by atoms with Gasteiger partial charge in [0.25, 0.3) is 5.91 Å². The van der Waals surface area contributed by atoms with E-state index in [9.17, 15) is 9.59 Å². The van der Waals surface area contributed by atoms with Gasteiger partial charge in [-0.15, -0.1) is 11.3 Å². The molecule has 2 aromatic heterocycles. The van der Waals surface area contributed by atoms with Gasteiger partial charge in [-0.1, -0.05) is 6.07 Å². The maximum Gasteiger partial charge on any atom is 0.341 e. The molecule has 1 amide bonds. The highest BCUT2D eigenvalue weighted by atomic mass is 32.1. The van der Waals surface area contributed by atoms with Crippen molar-refractivity contribution in [2.45, 2.75) is 32.7 Å². The Labute approximate surface area is 173 Å². The molecular weight excluding hydrogens is 386 g/mol. The summed E-state index contributed by atoms with van der Waals surface area (Å²) in [5, 5.41) is 6.37. The van der Waals surface area contributed by atoms with Gasteiger partial charge in [0, 0.05) is 17.0 Å². The topological polar surface area (TPSA) is 64.4 Å². The van der Waals surface area contributed by atoms with Crippen LogP contribution in [0.2, 0.25) is 0 Å². The number of hydrogen-bond acceptors (Lipinski definition) is 5. The van der Waals surface area contributed by atoms with Gasteiger partial charge in [-0.2, -0.15) is 5.10 Å². The van der Waals surface area contributed by atoms with E-state index in [-0.39, 0.29) is 17.9 Å². The number of benzene rings is 1. The molecule has 3 aromatic rings. The first kappa shape index (κ1) is 19.4. The molecular formula is C22H23N3O3S. The van der Waals surface area contributed by atoms with Gasteiger partial charge in [0.1, 0.15) is 5.56 Å². The van der Waals surface area contributed by atoms with Crippen LogP contribution in [0, 0.1) is 6.92 Å². The number of nitrogens with zero attached hydrogens (tertiary/aromatic N) is 3. The summed E-state index contributed by atoms with van der Waals surface area (Å²) in [5.74, 6) is -0.325. The molecule has 1 aromatic carbocycles. The third kappa shape index (κ3) is 3.70. The molecule has 1 atom stereocenters. The Balaban J connectivity index is 1.54. The van der Waals surface area contributed by atoms with E-state index in [0.29, 0.717) is 23.4 Å². The number of hydrogen-bond donors (Lipinski definition) is 0. The quantitative estimate of drug-likeness (QED) is 0.586. The third-order valence-corrected chi connectivity index (χ3v) is 6.22. The fraction of sp³-hybridized carbons (Fsp3) is 0.318. The normalized spacial score (nSPS) is 16.2. The fourth-order valence-electron chi connectivity index (χ4n) is 3.78. The van der Waals surface area contributed by atoms with Gasteiger partial charge in [-0.3, -0.25) is 4.79 Å². The zero-order chi connectivity index (χ0) is 20.4. The highest BCUT2D eigenvalue weighted by Crippen LogP contribution is 2.35. The molecule has 3 heterocycles. The molecule has 1 fully saturated rings. The molecule has 0 bridgehead atoms. The largest absolute Gasteiger partial charge is 0.462 e. The number of carbonyl (C=O) groups excluding carboxylic acids is 2. The van der Waals surface area contributed by atoms with Crippen molar-refractivity contribution in [3.05, 3.63) is 69.7 Å². The lowest BCUT2D eigenvalue weighted by molar-refractivity contribution is 0.0525. The van der Waals surface area contributed by atoms with Crippen molar-refractivity contribution in [3.8, 4) is 5.69 Å². The molecule has 4 rings (SSSR count). The molecule has 7 heteroatoms. The van der Waals surface area contributed by atoms with Gasteiger partial charge in [-0.25, -0.2) is 9.48 Å². The van der Waals surface area contributed by atoms with Crippen LogP contribution in [0.15, 0.2) is 48.0 Å². The van der Waals surface area contributed by atoms with E-state index in [1.54, 1.807) is 22.9 Å². The number of amides is 1. The van der Waals surface area contributed by atoms with Crippen molar-refractivity contribution in [2.75, 3.05) is 13.2 Å². The van der Waals surface area contributed by atoms with E-state index in [1.807, 2.05) is 42.2 Å². The number of likely N-dealkylation sites (tertiary alicyclic amines) is 1. The predicted molar refractivity (Wildman–Crippen MR) is 112 cm³/mol. The lowest BCUT2D eigenvalue weighted by Crippen LogP contribution is -2.30. The molecule has 0 radical (unpaired) electrons. The Kier molecular flexibility index (Phi) is 5.49. The smallest absolute Gasteiger partial charge is 0.341 e. The second kappa shape index (κ2) is 8.21. The zero-order valence-corrected chi connectivity index (χ0v) is 17.3. The standard InChI is InChI=1S/C22H23N3O3S/c1-3-28-22(27)18-14-23-25(15(18)2)17-10-8-16(9-11-17)21(26)24-12-4-6-19(24)20-7-5-13-29-20/h5,7-11,13-14,19H,3-4,6,12H2,1-2H3. The van der Waals surface area contributed by atoms with Crippen molar-refractivity contribution in [3.63, 3.8) is 0 Å². The van der Waals surface area contributed by atoms with E-state index >= 15 is 0 Å². The van der Waals surface area contributed by atoms with Crippen molar-refractivity contribution in [1.29, 1.82) is 0 Å². The van der Waals surface area contributed by atoms with Gasteiger partial charge < -0.3 is 9.64 Å². The van der Waals surface area contributed by atoms with Crippen LogP contribution in [0.4, 0.5) is 0 Å². The first-order valence-electron chi connectivity index (χ1n) is 9.76. The van der Waals surface area contributed by atoms with E-state index in [4.69, 9.17) is 4.74 Å². The van der Waals surface area contributed by atoms with Crippen molar-refractivity contribution < 1.29 is 14.3 Å². The van der Waals surface area contributed by atoms with Gasteiger partial charge in [0.2, 0.25) is 0 Å². The molecule has 0 saturated carbocycles. The summed E-state index contributed by atoms with van der Waals surface area (Å²) >= 11 is 1.70. The highest BCUT2D eigenvalue weighted by Gasteiger charge is 2.31. The fourth-order valence-corrected chi connectivity index (χ4v) is 4.65. The third-order valence-electron chi connectivity index (χ3n) is 5.25. The molecule has 29 heavy (non-hydrogen) atoms. The number of thiophene rings is 1. The van der Waals surface area contributed by atoms with E-state index in [0.717, 1.165) is 25.1 Å². The zero-order valence-electron chi connectivity index (χ0n) is 16.5. The molecule has 0 spiro atoms. The Bertz CT molecular complexity index is 1010. The summed E-state index contributed by atoms with van der Waals surface area (Å²) in [6.45, 7) is 4.71. The van der Waals surface area contributed by atoms with Crippen LogP contribution in [0.3, 0.4) is 0 Å². The monoisotopic (exact) mass is 409 g/mol. The summed E-state index contributed by atoms with van der Waals surface area (Å²) in [4.78, 5) is 28.3. The van der Waals surface area contributed by atoms with Crippen molar-refractivity contribution >= 4 is 23.2 Å². The molecule has 1 aliphatic heterocycles. The molecule has 1 unspecified atom stereocenters. The second-order valence-electron chi connectivity index (χ2n) is 6.99. The van der Waals surface area contributed by atoms with Gasteiger partial charge in [0.15, 0.2) is 0 Å². The first-order chi connectivity index (χ1) is 14.1. The van der Waals surface area contributed by atoms with Crippen molar-refractivity contribution in [1.82, 2.24) is 14.7 Å². The number of rotatable bonds is 5. The van der Waals surface area contributed by atoms with E-state index in [2.05, 4.69) is 16.5 Å². The molecule has 0 aliphatic carbocycles. The van der Waals surface area contributed by atoms with E-state index in [1.165, 1.54) is 11.1 Å². The highest BCUT2D eigenvalue weighted by molar-refractivity contribution is 7.10. The number of esters is 1. The van der Waals surface area contributed by atoms with Crippen LogP contribution < -0.4 is 0 Å². The summed E-state index contributed by atoms with van der Waals surface area (Å²) in [7, 11) is 0. The molecule has 0 N–H and O–H groups in total. The Morgan fingerprint density at radius 1 is 1.24 bits per heavy atom. The number of ether oxygens (including phenoxy) is 1. The van der Waals surface area contributed by atoms with Crippen LogP contribution in [0.5, 0.6) is 0 Å². The van der Waals surface area contributed by atoms with Gasteiger partial charge in [-0.05, 0) is 62.4 Å². The number of aromatic nitrogens is 2. The molecule has 1 aliphatic rings. The Morgan fingerprint density at radius 3 is 2.72 bits per heavy atom. The average molecular weight is 410 g/mol. The molecule has 6 nitrogen and oxygen atoms in total. The van der Waals surface area contributed by atoms with Crippen LogP contribution >= 0.6 is 11.3 Å². The average Bonchev–Trinajstić information content (AvgIpc) is 3.48. The summed E-state index contributed by atoms with van der Waals surface area (Å²) in [6.07, 6.45) is 3.55. The maximum absolute atomic E-state index is 13.1. The molecule has 150 valence electrons. The SMILES string of the molecule is CCOC(=O)c1cnn(-c2ccc(C(=O)N3CCCC3c3cccs3)cc2)c1C. The molecule has 1 saturated heterocycles. The number of carbonyl (C=O) groups is 2. The van der Waals surface area contributed by atoms with Crippen molar-refractivity contribution in [2.24, 2.45) is 0 Å². The van der Waals surface area contributed by atoms with Crippen LogP contribution in [-0.2, 0) is 4.74 Å². The summed E-state index contributed by atoms with van der Waals surface area (Å²) < 4.78 is 6.75. The van der Waals surface area contributed by atoms with Crippen LogP contribution in [0.25, 0.3) is 5.69 Å². The first-order valence-corrected chi connectivity index (χ1v) is 10.6. The Hall–Kier alpha value is -2.93.